The van der Waals surface area contributed by atoms with E-state index in [0.717, 1.165) is 44.5 Å². The molecule has 2 atom stereocenters. The number of hydrogen-bond donors (Lipinski definition) is 2. The molecule has 2 saturated heterocycles. The molecule has 3 rings (SSSR count). The third-order valence-corrected chi connectivity index (χ3v) is 5.66. The van der Waals surface area contributed by atoms with Crippen LogP contribution in [0.1, 0.15) is 24.8 Å². The Morgan fingerprint density at radius 1 is 1.15 bits per heavy atom. The van der Waals surface area contributed by atoms with E-state index in [2.05, 4.69) is 4.98 Å². The zero-order valence-electron chi connectivity index (χ0n) is 21.3. The fourth-order valence-electron chi connectivity index (χ4n) is 3.94. The Kier molecular flexibility index (Phi) is 13.1. The summed E-state index contributed by atoms with van der Waals surface area (Å²) in [6, 6.07) is 3.94. The van der Waals surface area contributed by atoms with Crippen molar-refractivity contribution in [2.75, 3.05) is 46.9 Å². The molecule has 0 saturated carbocycles. The molecular weight excluding hydrogens is 544 g/mol. The highest BCUT2D eigenvalue weighted by Crippen LogP contribution is 2.40. The molecule has 0 spiro atoms. The van der Waals surface area contributed by atoms with E-state index in [4.69, 9.17) is 29.3 Å². The smallest absolute Gasteiger partial charge is 0.475 e. The van der Waals surface area contributed by atoms with Crippen LogP contribution in [0.3, 0.4) is 0 Å². The average Bonchev–Trinajstić information content (AvgIpc) is 2.83. The number of hydrogen-bond acceptors (Lipinski definition) is 7. The zero-order chi connectivity index (χ0) is 29.9. The van der Waals surface area contributed by atoms with Gasteiger partial charge < -0.3 is 29.5 Å². The molecule has 2 aliphatic rings. The van der Waals surface area contributed by atoms with E-state index >= 15 is 0 Å². The first-order chi connectivity index (χ1) is 18.0. The maximum Gasteiger partial charge on any atom is 0.490 e. The van der Waals surface area contributed by atoms with E-state index in [0.29, 0.717) is 19.8 Å². The predicted octanol–water partition coefficient (Wildman–Crippen LogP) is 2.82. The Balaban J connectivity index is 0.000000449. The molecule has 2 fully saturated rings. The van der Waals surface area contributed by atoms with Crippen LogP contribution in [0.15, 0.2) is 24.5 Å². The number of rotatable bonds is 6. The molecule has 0 radical (unpaired) electrons. The van der Waals surface area contributed by atoms with Gasteiger partial charge in [0.1, 0.15) is 0 Å². The number of halogens is 6. The lowest BCUT2D eigenvalue weighted by atomic mass is 9.73. The number of aliphatic carboxylic acids is 2. The van der Waals surface area contributed by atoms with Crippen molar-refractivity contribution >= 4 is 17.8 Å². The van der Waals surface area contributed by atoms with Crippen molar-refractivity contribution in [3.8, 4) is 0 Å². The van der Waals surface area contributed by atoms with Gasteiger partial charge in [-0.3, -0.25) is 9.78 Å². The highest BCUT2D eigenvalue weighted by Gasteiger charge is 2.47. The minimum atomic E-state index is -5.08. The molecule has 0 aliphatic carbocycles. The van der Waals surface area contributed by atoms with Crippen LogP contribution in [0.2, 0.25) is 0 Å². The molecule has 0 aromatic carbocycles. The lowest BCUT2D eigenvalue weighted by molar-refractivity contribution is -0.193. The minimum Gasteiger partial charge on any atom is -0.475 e. The third kappa shape index (κ3) is 12.2. The Hall–Kier alpha value is -2.98. The monoisotopic (exact) mass is 575 g/mol. The fourth-order valence-corrected chi connectivity index (χ4v) is 3.94. The van der Waals surface area contributed by atoms with Gasteiger partial charge >= 0.3 is 24.3 Å². The summed E-state index contributed by atoms with van der Waals surface area (Å²) in [5.41, 5.74) is 0.990. The SMILES string of the molecule is CN(C)CC(=O)N1CCC2OCCCC2(COCc2cccnc2)C1.O=C(O)C(F)(F)F.O=C(O)C(F)(F)F. The first-order valence-corrected chi connectivity index (χ1v) is 11.6. The molecule has 0 bridgehead atoms. The lowest BCUT2D eigenvalue weighted by Gasteiger charge is -2.50. The van der Waals surface area contributed by atoms with Gasteiger partial charge in [-0.2, -0.15) is 26.3 Å². The zero-order valence-corrected chi connectivity index (χ0v) is 21.3. The van der Waals surface area contributed by atoms with Crippen LogP contribution in [0.25, 0.3) is 0 Å². The second-order valence-electron chi connectivity index (χ2n) is 9.13. The number of likely N-dealkylation sites (N-methyl/N-ethyl adjacent to an activating group) is 1. The van der Waals surface area contributed by atoms with Crippen LogP contribution in [0.4, 0.5) is 26.3 Å². The Labute approximate surface area is 220 Å². The molecule has 39 heavy (non-hydrogen) atoms. The third-order valence-electron chi connectivity index (χ3n) is 5.66. The van der Waals surface area contributed by atoms with E-state index in [9.17, 15) is 31.1 Å². The molecule has 2 unspecified atom stereocenters. The fraction of sp³-hybridized carbons (Fsp3) is 0.652. The average molecular weight is 576 g/mol. The van der Waals surface area contributed by atoms with Crippen molar-refractivity contribution in [3.05, 3.63) is 30.1 Å². The molecule has 1 amide bonds. The summed E-state index contributed by atoms with van der Waals surface area (Å²) in [5.74, 6) is -5.32. The van der Waals surface area contributed by atoms with Crippen LogP contribution in [0.5, 0.6) is 0 Å². The number of pyridine rings is 1. The summed E-state index contributed by atoms with van der Waals surface area (Å²) in [6.07, 6.45) is -3.39. The van der Waals surface area contributed by atoms with Crippen LogP contribution < -0.4 is 0 Å². The summed E-state index contributed by atoms with van der Waals surface area (Å²) in [5, 5.41) is 14.2. The number of alkyl halides is 6. The molecule has 1 aromatic rings. The van der Waals surface area contributed by atoms with Gasteiger partial charge in [0.2, 0.25) is 5.91 Å². The van der Waals surface area contributed by atoms with Crippen molar-refractivity contribution in [2.45, 2.75) is 44.3 Å². The quantitative estimate of drug-likeness (QED) is 0.492. The number of ether oxygens (including phenoxy) is 2. The number of aromatic nitrogens is 1. The molecule has 2 aliphatic heterocycles. The normalized spacial score (nSPS) is 21.1. The first-order valence-electron chi connectivity index (χ1n) is 11.6. The van der Waals surface area contributed by atoms with E-state index in [1.54, 1.807) is 6.20 Å². The van der Waals surface area contributed by atoms with Gasteiger partial charge in [0, 0.05) is 37.5 Å². The van der Waals surface area contributed by atoms with Crippen molar-refractivity contribution in [2.24, 2.45) is 5.41 Å². The van der Waals surface area contributed by atoms with E-state index < -0.39 is 24.3 Å². The molecule has 3 heterocycles. The van der Waals surface area contributed by atoms with Gasteiger partial charge in [0.05, 0.1) is 25.9 Å². The maximum atomic E-state index is 12.5. The van der Waals surface area contributed by atoms with E-state index in [1.165, 1.54) is 0 Å². The van der Waals surface area contributed by atoms with E-state index in [-0.39, 0.29) is 17.4 Å². The summed E-state index contributed by atoms with van der Waals surface area (Å²) in [6.45, 7) is 3.96. The lowest BCUT2D eigenvalue weighted by Crippen LogP contribution is -2.58. The number of piperidine rings is 1. The predicted molar refractivity (Wildman–Crippen MR) is 122 cm³/mol. The van der Waals surface area contributed by atoms with Gasteiger partial charge in [-0.25, -0.2) is 9.59 Å². The van der Waals surface area contributed by atoms with Crippen LogP contribution >= 0.6 is 0 Å². The number of carboxylic acid groups (broad SMARTS) is 2. The maximum absolute atomic E-state index is 12.5. The summed E-state index contributed by atoms with van der Waals surface area (Å²) < 4.78 is 75.6. The van der Waals surface area contributed by atoms with Gasteiger partial charge in [0.15, 0.2) is 0 Å². The van der Waals surface area contributed by atoms with Gasteiger partial charge in [0.25, 0.3) is 0 Å². The highest BCUT2D eigenvalue weighted by atomic mass is 19.4. The number of carbonyl (C=O) groups excluding carboxylic acids is 1. The van der Waals surface area contributed by atoms with Gasteiger partial charge in [-0.15, -0.1) is 0 Å². The Bertz CT molecular complexity index is 907. The standard InChI is InChI=1S/C19H29N3O3.2C2HF3O2/c1-21(2)12-18(23)22-9-6-17-19(14-22,7-4-10-25-17)15-24-13-16-5-3-8-20-11-16;2*3-2(4,5)1(6)7/h3,5,8,11,17H,4,6-7,9-10,12-15H2,1-2H3;2*(H,6,7). The summed E-state index contributed by atoms with van der Waals surface area (Å²) in [7, 11) is 3.86. The van der Waals surface area contributed by atoms with Gasteiger partial charge in [-0.05, 0) is 45.0 Å². The van der Waals surface area contributed by atoms with Crippen molar-refractivity contribution in [1.29, 1.82) is 0 Å². The molecule has 2 N–H and O–H groups in total. The summed E-state index contributed by atoms with van der Waals surface area (Å²) >= 11 is 0. The van der Waals surface area contributed by atoms with Gasteiger partial charge in [-0.1, -0.05) is 6.07 Å². The van der Waals surface area contributed by atoms with Crippen LogP contribution in [-0.4, -0.2) is 108 Å². The van der Waals surface area contributed by atoms with Crippen LogP contribution in [-0.2, 0) is 30.5 Å². The Morgan fingerprint density at radius 3 is 2.23 bits per heavy atom. The van der Waals surface area contributed by atoms with Crippen molar-refractivity contribution in [1.82, 2.24) is 14.8 Å². The second-order valence-corrected chi connectivity index (χ2v) is 9.13. The van der Waals surface area contributed by atoms with E-state index in [1.807, 2.05) is 42.2 Å². The number of fused-ring (bicyclic) bond motifs is 1. The topological polar surface area (TPSA) is 130 Å². The Morgan fingerprint density at radius 2 is 1.74 bits per heavy atom. The van der Waals surface area contributed by atoms with Crippen molar-refractivity contribution in [3.63, 3.8) is 0 Å². The molecule has 222 valence electrons. The largest absolute Gasteiger partial charge is 0.490 e. The number of nitrogens with zero attached hydrogens (tertiary/aromatic N) is 3. The van der Waals surface area contributed by atoms with Crippen LogP contribution in [0, 0.1) is 5.41 Å². The molecule has 1 aromatic heterocycles. The van der Waals surface area contributed by atoms with Crippen molar-refractivity contribution < 1.29 is 60.4 Å². The number of carboxylic acids is 2. The number of likely N-dealkylation sites (tertiary alicyclic amines) is 1. The number of amides is 1. The minimum absolute atomic E-state index is 0.0827. The number of carbonyl (C=O) groups is 3. The molecule has 10 nitrogen and oxygen atoms in total. The highest BCUT2D eigenvalue weighted by molar-refractivity contribution is 5.78. The second kappa shape index (κ2) is 15.0. The molecule has 16 heteroatoms. The molecular formula is C23H31F6N3O7. The summed E-state index contributed by atoms with van der Waals surface area (Å²) in [4.78, 5) is 38.4. The first kappa shape index (κ1) is 34.0.